The molecule has 1 N–H and O–H groups in total. The maximum Gasteiger partial charge on any atom is 0.0631 e. The number of hydrogen-bond acceptors (Lipinski definition) is 3. The van der Waals surface area contributed by atoms with Gasteiger partial charge in [0.25, 0.3) is 0 Å². The Bertz CT molecular complexity index is 325. The normalized spacial score (nSPS) is 39.5. The van der Waals surface area contributed by atoms with Gasteiger partial charge in [0.2, 0.25) is 0 Å². The monoisotopic (exact) mass is 280 g/mol. The highest BCUT2D eigenvalue weighted by Crippen LogP contribution is 2.41. The van der Waals surface area contributed by atoms with Gasteiger partial charge in [0.15, 0.2) is 0 Å². The van der Waals surface area contributed by atoms with Gasteiger partial charge in [0.1, 0.15) is 0 Å². The second kappa shape index (κ2) is 5.94. The maximum absolute atomic E-state index is 10.5. The zero-order valence-electron chi connectivity index (χ0n) is 13.4. The zero-order valence-corrected chi connectivity index (χ0v) is 13.4. The average Bonchev–Trinajstić information content (AvgIpc) is 3.01. The molecule has 3 atom stereocenters. The van der Waals surface area contributed by atoms with Gasteiger partial charge in [-0.1, -0.05) is 20.3 Å². The van der Waals surface area contributed by atoms with Crippen molar-refractivity contribution in [3.8, 4) is 0 Å². The lowest BCUT2D eigenvalue weighted by Gasteiger charge is -2.33. The Morgan fingerprint density at radius 1 is 1.05 bits per heavy atom. The standard InChI is InChI=1S/C17H32N2O/c1-17(2)8-6-14(16(17)20)12-18-11-7-15(13-18)19-9-4-3-5-10-19/h14-16,20H,3-13H2,1-2H3. The van der Waals surface area contributed by atoms with Crippen LogP contribution in [-0.4, -0.2) is 59.8 Å². The fourth-order valence-electron chi connectivity index (χ4n) is 4.58. The molecule has 1 aliphatic carbocycles. The summed E-state index contributed by atoms with van der Waals surface area (Å²) in [5.74, 6) is 0.505. The molecule has 3 fully saturated rings. The van der Waals surface area contributed by atoms with Crippen LogP contribution in [0.2, 0.25) is 0 Å². The molecular formula is C17H32N2O. The van der Waals surface area contributed by atoms with Crippen molar-refractivity contribution < 1.29 is 5.11 Å². The second-order valence-corrected chi connectivity index (χ2v) is 8.03. The Morgan fingerprint density at radius 2 is 1.80 bits per heavy atom. The van der Waals surface area contributed by atoms with Crippen LogP contribution in [0.15, 0.2) is 0 Å². The summed E-state index contributed by atoms with van der Waals surface area (Å²) in [5.41, 5.74) is 0.136. The summed E-state index contributed by atoms with van der Waals surface area (Å²) in [4.78, 5) is 5.34. The minimum Gasteiger partial charge on any atom is -0.392 e. The minimum atomic E-state index is -0.100. The van der Waals surface area contributed by atoms with E-state index in [0.29, 0.717) is 5.92 Å². The molecule has 2 heterocycles. The van der Waals surface area contributed by atoms with Crippen molar-refractivity contribution in [3.63, 3.8) is 0 Å². The van der Waals surface area contributed by atoms with Crippen molar-refractivity contribution in [2.24, 2.45) is 11.3 Å². The van der Waals surface area contributed by atoms with Crippen molar-refractivity contribution in [3.05, 3.63) is 0 Å². The summed E-state index contributed by atoms with van der Waals surface area (Å²) in [6.45, 7) is 10.7. The van der Waals surface area contributed by atoms with Crippen molar-refractivity contribution in [1.29, 1.82) is 0 Å². The maximum atomic E-state index is 10.5. The second-order valence-electron chi connectivity index (χ2n) is 8.03. The van der Waals surface area contributed by atoms with E-state index in [1.54, 1.807) is 0 Å². The number of rotatable bonds is 3. The van der Waals surface area contributed by atoms with Crippen LogP contribution < -0.4 is 0 Å². The quantitative estimate of drug-likeness (QED) is 0.859. The Morgan fingerprint density at radius 3 is 2.45 bits per heavy atom. The Kier molecular flexibility index (Phi) is 4.40. The average molecular weight is 280 g/mol. The molecule has 3 rings (SSSR count). The van der Waals surface area contributed by atoms with Gasteiger partial charge in [-0.25, -0.2) is 0 Å². The van der Waals surface area contributed by atoms with Crippen molar-refractivity contribution in [1.82, 2.24) is 9.80 Å². The van der Waals surface area contributed by atoms with Crippen LogP contribution >= 0.6 is 0 Å². The largest absolute Gasteiger partial charge is 0.392 e. The third-order valence-corrected chi connectivity index (χ3v) is 6.05. The lowest BCUT2D eigenvalue weighted by atomic mass is 9.87. The van der Waals surface area contributed by atoms with E-state index in [2.05, 4.69) is 23.6 Å². The summed E-state index contributed by atoms with van der Waals surface area (Å²) in [6, 6.07) is 0.793. The van der Waals surface area contributed by atoms with E-state index >= 15 is 0 Å². The molecule has 0 aromatic heterocycles. The van der Waals surface area contributed by atoms with Gasteiger partial charge >= 0.3 is 0 Å². The third kappa shape index (κ3) is 3.05. The summed E-state index contributed by atoms with van der Waals surface area (Å²) in [6.07, 6.45) is 7.85. The van der Waals surface area contributed by atoms with Crippen LogP contribution in [0, 0.1) is 11.3 Å². The van der Waals surface area contributed by atoms with E-state index in [4.69, 9.17) is 0 Å². The highest BCUT2D eigenvalue weighted by Gasteiger charge is 2.42. The first-order valence-electron chi connectivity index (χ1n) is 8.71. The van der Waals surface area contributed by atoms with Crippen LogP contribution in [0.3, 0.4) is 0 Å². The topological polar surface area (TPSA) is 26.7 Å². The van der Waals surface area contributed by atoms with Crippen molar-refractivity contribution >= 4 is 0 Å². The molecule has 20 heavy (non-hydrogen) atoms. The molecule has 0 radical (unpaired) electrons. The van der Waals surface area contributed by atoms with E-state index in [9.17, 15) is 5.11 Å². The summed E-state index contributed by atoms with van der Waals surface area (Å²) < 4.78 is 0. The molecule has 0 aromatic rings. The highest BCUT2D eigenvalue weighted by atomic mass is 16.3. The Labute approximate surface area is 124 Å². The first kappa shape index (κ1) is 14.8. The molecule has 0 aromatic carbocycles. The number of hydrogen-bond donors (Lipinski definition) is 1. The van der Waals surface area contributed by atoms with Gasteiger partial charge in [0, 0.05) is 19.1 Å². The van der Waals surface area contributed by atoms with E-state index in [-0.39, 0.29) is 11.5 Å². The molecule has 3 heteroatoms. The highest BCUT2D eigenvalue weighted by molar-refractivity contribution is 4.94. The molecule has 2 saturated heterocycles. The summed E-state index contributed by atoms with van der Waals surface area (Å²) in [5, 5.41) is 10.5. The van der Waals surface area contributed by atoms with Crippen LogP contribution in [-0.2, 0) is 0 Å². The Hall–Kier alpha value is -0.120. The van der Waals surface area contributed by atoms with Crippen LogP contribution in [0.5, 0.6) is 0 Å². The van der Waals surface area contributed by atoms with E-state index < -0.39 is 0 Å². The van der Waals surface area contributed by atoms with E-state index in [0.717, 1.165) is 12.6 Å². The van der Waals surface area contributed by atoms with Crippen LogP contribution in [0.4, 0.5) is 0 Å². The molecule has 1 saturated carbocycles. The predicted octanol–water partition coefficient (Wildman–Crippen LogP) is 2.34. The molecule has 3 unspecified atom stereocenters. The predicted molar refractivity (Wildman–Crippen MR) is 82.8 cm³/mol. The lowest BCUT2D eigenvalue weighted by Crippen LogP contribution is -2.42. The van der Waals surface area contributed by atoms with Crippen molar-refractivity contribution in [2.45, 2.75) is 64.5 Å². The van der Waals surface area contributed by atoms with Crippen LogP contribution in [0.1, 0.15) is 52.4 Å². The number of piperidine rings is 1. The number of aliphatic hydroxyl groups excluding tert-OH is 1. The lowest BCUT2D eigenvalue weighted by molar-refractivity contribution is 0.0343. The molecule has 0 bridgehead atoms. The zero-order chi connectivity index (χ0) is 14.2. The molecular weight excluding hydrogens is 248 g/mol. The molecule has 0 spiro atoms. The fourth-order valence-corrected chi connectivity index (χ4v) is 4.58. The molecule has 0 amide bonds. The molecule has 3 nitrogen and oxygen atoms in total. The van der Waals surface area contributed by atoms with Gasteiger partial charge < -0.3 is 10.0 Å². The number of nitrogens with zero attached hydrogens (tertiary/aromatic N) is 2. The van der Waals surface area contributed by atoms with Gasteiger partial charge in [-0.2, -0.15) is 0 Å². The molecule has 116 valence electrons. The van der Waals surface area contributed by atoms with Gasteiger partial charge in [-0.05, 0) is 63.1 Å². The van der Waals surface area contributed by atoms with Gasteiger partial charge in [0.05, 0.1) is 6.10 Å². The van der Waals surface area contributed by atoms with Crippen molar-refractivity contribution in [2.75, 3.05) is 32.7 Å². The van der Waals surface area contributed by atoms with Gasteiger partial charge in [-0.3, -0.25) is 4.90 Å². The summed E-state index contributed by atoms with van der Waals surface area (Å²) in [7, 11) is 0. The first-order chi connectivity index (χ1) is 9.56. The number of likely N-dealkylation sites (tertiary alicyclic amines) is 2. The van der Waals surface area contributed by atoms with E-state index in [1.807, 2.05) is 0 Å². The minimum absolute atomic E-state index is 0.100. The molecule has 3 aliphatic rings. The summed E-state index contributed by atoms with van der Waals surface area (Å²) >= 11 is 0. The Balaban J connectivity index is 1.48. The van der Waals surface area contributed by atoms with Gasteiger partial charge in [-0.15, -0.1) is 0 Å². The molecule has 2 aliphatic heterocycles. The van der Waals surface area contributed by atoms with E-state index in [1.165, 1.54) is 64.7 Å². The van der Waals surface area contributed by atoms with Crippen LogP contribution in [0.25, 0.3) is 0 Å². The fraction of sp³-hybridized carbons (Fsp3) is 1.00. The smallest absolute Gasteiger partial charge is 0.0631 e. The first-order valence-corrected chi connectivity index (χ1v) is 8.71. The number of aliphatic hydroxyl groups is 1. The SMILES string of the molecule is CC1(C)CCC(CN2CCC(N3CCCCC3)C2)C1O. The third-order valence-electron chi connectivity index (χ3n) is 6.05.